The molecule has 2 aromatic carbocycles. The number of carbonyl (C=O) groups is 1. The van der Waals surface area contributed by atoms with Crippen molar-refractivity contribution in [1.29, 1.82) is 0 Å². The lowest BCUT2D eigenvalue weighted by Crippen LogP contribution is -2.14. The molecule has 6 nitrogen and oxygen atoms in total. The standard InChI is InChI=1S/C22H19N5OS/c1-16-21(26-27(25-16)19-7-3-2-4-8-19)22(28)24-18-9-11-20(12-10-18)29-15-17-6-5-13-23-14-17/h2-14H,15H2,1H3,(H,24,28). The van der Waals surface area contributed by atoms with E-state index < -0.39 is 0 Å². The number of nitrogens with one attached hydrogen (secondary N) is 1. The Kier molecular flexibility index (Phi) is 5.67. The van der Waals surface area contributed by atoms with Crippen molar-refractivity contribution in [2.45, 2.75) is 17.6 Å². The van der Waals surface area contributed by atoms with Crippen LogP contribution >= 0.6 is 11.8 Å². The first kappa shape index (κ1) is 18.9. The number of amides is 1. The second-order valence-corrected chi connectivity index (χ2v) is 7.44. The number of anilines is 1. The van der Waals surface area contributed by atoms with Gasteiger partial charge in [-0.05, 0) is 55.0 Å². The lowest BCUT2D eigenvalue weighted by Gasteiger charge is -2.06. The Hall–Kier alpha value is -3.45. The number of aromatic nitrogens is 4. The molecule has 2 heterocycles. The molecule has 0 saturated heterocycles. The summed E-state index contributed by atoms with van der Waals surface area (Å²) in [7, 11) is 0. The minimum absolute atomic E-state index is 0.277. The second-order valence-electron chi connectivity index (χ2n) is 6.39. The van der Waals surface area contributed by atoms with E-state index in [0.29, 0.717) is 11.4 Å². The molecular formula is C22H19N5OS. The Morgan fingerprint density at radius 3 is 2.52 bits per heavy atom. The van der Waals surface area contributed by atoms with Crippen LogP contribution in [0, 0.1) is 6.92 Å². The molecule has 4 aromatic rings. The average molecular weight is 401 g/mol. The third-order valence-electron chi connectivity index (χ3n) is 4.22. The third-order valence-corrected chi connectivity index (χ3v) is 5.31. The number of nitrogens with zero attached hydrogens (tertiary/aromatic N) is 4. The van der Waals surface area contributed by atoms with Crippen LogP contribution in [-0.2, 0) is 5.75 Å². The maximum Gasteiger partial charge on any atom is 0.278 e. The summed E-state index contributed by atoms with van der Waals surface area (Å²) in [5.74, 6) is 0.571. The summed E-state index contributed by atoms with van der Waals surface area (Å²) in [6.07, 6.45) is 3.64. The molecule has 1 N–H and O–H groups in total. The molecular weight excluding hydrogens is 382 g/mol. The zero-order chi connectivity index (χ0) is 20.1. The van der Waals surface area contributed by atoms with Crippen molar-refractivity contribution in [3.05, 3.63) is 96.1 Å². The van der Waals surface area contributed by atoms with Gasteiger partial charge in [-0.3, -0.25) is 9.78 Å². The van der Waals surface area contributed by atoms with Gasteiger partial charge in [-0.2, -0.15) is 9.90 Å². The quantitative estimate of drug-likeness (QED) is 0.481. The van der Waals surface area contributed by atoms with Gasteiger partial charge in [0.2, 0.25) is 0 Å². The number of para-hydroxylation sites is 1. The van der Waals surface area contributed by atoms with Gasteiger partial charge >= 0.3 is 0 Å². The van der Waals surface area contributed by atoms with E-state index in [1.54, 1.807) is 24.9 Å². The molecule has 0 bridgehead atoms. The van der Waals surface area contributed by atoms with E-state index in [1.165, 1.54) is 10.4 Å². The molecule has 29 heavy (non-hydrogen) atoms. The van der Waals surface area contributed by atoms with E-state index in [-0.39, 0.29) is 5.91 Å². The van der Waals surface area contributed by atoms with Gasteiger partial charge in [0.1, 0.15) is 0 Å². The van der Waals surface area contributed by atoms with E-state index in [4.69, 9.17) is 0 Å². The van der Waals surface area contributed by atoms with Crippen LogP contribution in [0.15, 0.2) is 84.0 Å². The summed E-state index contributed by atoms with van der Waals surface area (Å²) in [4.78, 5) is 19.4. The summed E-state index contributed by atoms with van der Waals surface area (Å²) in [6, 6.07) is 21.3. The number of rotatable bonds is 6. The number of thioether (sulfide) groups is 1. The lowest BCUT2D eigenvalue weighted by atomic mass is 10.3. The van der Waals surface area contributed by atoms with Crippen molar-refractivity contribution in [3.8, 4) is 5.69 Å². The highest BCUT2D eigenvalue weighted by molar-refractivity contribution is 7.98. The minimum Gasteiger partial charge on any atom is -0.321 e. The Balaban J connectivity index is 1.40. The van der Waals surface area contributed by atoms with Crippen molar-refractivity contribution in [3.63, 3.8) is 0 Å². The van der Waals surface area contributed by atoms with Gasteiger partial charge in [-0.25, -0.2) is 0 Å². The topological polar surface area (TPSA) is 72.7 Å². The number of aryl methyl sites for hydroxylation is 1. The highest BCUT2D eigenvalue weighted by atomic mass is 32.2. The first-order valence-corrected chi connectivity index (χ1v) is 10.1. The van der Waals surface area contributed by atoms with Gasteiger partial charge in [-0.15, -0.1) is 16.9 Å². The van der Waals surface area contributed by atoms with Crippen molar-refractivity contribution in [1.82, 2.24) is 20.0 Å². The fraction of sp³-hybridized carbons (Fsp3) is 0.0909. The summed E-state index contributed by atoms with van der Waals surface area (Å²) in [5, 5.41) is 11.6. The maximum absolute atomic E-state index is 12.6. The molecule has 2 aromatic heterocycles. The predicted molar refractivity (Wildman–Crippen MR) is 114 cm³/mol. The zero-order valence-corrected chi connectivity index (χ0v) is 16.6. The summed E-state index contributed by atoms with van der Waals surface area (Å²) < 4.78 is 0. The van der Waals surface area contributed by atoms with Gasteiger partial charge in [0.05, 0.1) is 11.4 Å². The van der Waals surface area contributed by atoms with Crippen LogP contribution in [0.5, 0.6) is 0 Å². The summed E-state index contributed by atoms with van der Waals surface area (Å²) in [5.41, 5.74) is 3.59. The monoisotopic (exact) mass is 401 g/mol. The highest BCUT2D eigenvalue weighted by Gasteiger charge is 2.16. The number of benzene rings is 2. The summed E-state index contributed by atoms with van der Waals surface area (Å²) >= 11 is 1.72. The Morgan fingerprint density at radius 2 is 1.79 bits per heavy atom. The summed E-state index contributed by atoms with van der Waals surface area (Å²) in [6.45, 7) is 1.78. The third kappa shape index (κ3) is 4.70. The molecule has 0 saturated carbocycles. The van der Waals surface area contributed by atoms with E-state index in [9.17, 15) is 4.79 Å². The van der Waals surface area contributed by atoms with E-state index in [1.807, 2.05) is 66.9 Å². The van der Waals surface area contributed by atoms with Crippen LogP contribution in [0.1, 0.15) is 21.7 Å². The molecule has 0 unspecified atom stereocenters. The van der Waals surface area contributed by atoms with Crippen LogP contribution in [0.4, 0.5) is 5.69 Å². The molecule has 0 radical (unpaired) electrons. The Morgan fingerprint density at radius 1 is 1.00 bits per heavy atom. The SMILES string of the molecule is Cc1nn(-c2ccccc2)nc1C(=O)Nc1ccc(SCc2cccnc2)cc1. The molecule has 7 heteroatoms. The first-order valence-electron chi connectivity index (χ1n) is 9.11. The van der Waals surface area contributed by atoms with Crippen LogP contribution in [0.25, 0.3) is 5.69 Å². The fourth-order valence-electron chi connectivity index (χ4n) is 2.74. The van der Waals surface area contributed by atoms with Gasteiger partial charge in [0, 0.05) is 28.7 Å². The van der Waals surface area contributed by atoms with Crippen LogP contribution < -0.4 is 5.32 Å². The molecule has 1 amide bonds. The van der Waals surface area contributed by atoms with Crippen molar-refractivity contribution in [2.24, 2.45) is 0 Å². The van der Waals surface area contributed by atoms with Gasteiger partial charge in [0.15, 0.2) is 5.69 Å². The number of hydrogen-bond acceptors (Lipinski definition) is 5. The molecule has 0 aliphatic rings. The largest absolute Gasteiger partial charge is 0.321 e. The van der Waals surface area contributed by atoms with Crippen LogP contribution in [0.3, 0.4) is 0 Å². The lowest BCUT2D eigenvalue weighted by molar-refractivity contribution is 0.102. The number of carbonyl (C=O) groups excluding carboxylic acids is 1. The molecule has 0 atom stereocenters. The molecule has 144 valence electrons. The molecule has 4 rings (SSSR count). The smallest absolute Gasteiger partial charge is 0.278 e. The van der Waals surface area contributed by atoms with Gasteiger partial charge in [-0.1, -0.05) is 24.3 Å². The normalized spacial score (nSPS) is 10.7. The minimum atomic E-state index is -0.277. The predicted octanol–water partition coefficient (Wildman–Crippen LogP) is 4.52. The Bertz CT molecular complexity index is 1100. The molecule has 0 fully saturated rings. The van der Waals surface area contributed by atoms with Crippen LogP contribution in [-0.4, -0.2) is 25.9 Å². The average Bonchev–Trinajstić information content (AvgIpc) is 3.16. The zero-order valence-electron chi connectivity index (χ0n) is 15.8. The maximum atomic E-state index is 12.6. The number of pyridine rings is 1. The van der Waals surface area contributed by atoms with Gasteiger partial charge in [0.25, 0.3) is 5.91 Å². The second kappa shape index (κ2) is 8.70. The number of hydrogen-bond donors (Lipinski definition) is 1. The molecule has 0 aliphatic carbocycles. The first-order chi connectivity index (χ1) is 14.2. The van der Waals surface area contributed by atoms with Gasteiger partial charge < -0.3 is 5.32 Å². The van der Waals surface area contributed by atoms with E-state index in [0.717, 1.165) is 22.0 Å². The van der Waals surface area contributed by atoms with Crippen molar-refractivity contribution < 1.29 is 4.79 Å². The highest BCUT2D eigenvalue weighted by Crippen LogP contribution is 2.24. The molecule has 0 aliphatic heterocycles. The van der Waals surface area contributed by atoms with E-state index in [2.05, 4.69) is 26.6 Å². The van der Waals surface area contributed by atoms with Crippen molar-refractivity contribution in [2.75, 3.05) is 5.32 Å². The van der Waals surface area contributed by atoms with E-state index >= 15 is 0 Å². The van der Waals surface area contributed by atoms with Crippen LogP contribution in [0.2, 0.25) is 0 Å². The molecule has 0 spiro atoms. The fourth-order valence-corrected chi connectivity index (χ4v) is 3.57. The Labute approximate surface area is 173 Å². The van der Waals surface area contributed by atoms with Crippen molar-refractivity contribution >= 4 is 23.4 Å².